The van der Waals surface area contributed by atoms with Crippen LogP contribution in [0.15, 0.2) is 5.38 Å². The van der Waals surface area contributed by atoms with E-state index in [9.17, 15) is 0 Å². The van der Waals surface area contributed by atoms with Crippen LogP contribution in [0.3, 0.4) is 0 Å². The number of hydrogen-bond donors (Lipinski definition) is 1. The first kappa shape index (κ1) is 11.4. The number of aryl methyl sites for hydroxylation is 1. The van der Waals surface area contributed by atoms with Gasteiger partial charge in [-0.05, 0) is 6.92 Å². The monoisotopic (exact) mass is 281 g/mol. The SMILES string of the molecule is Cc1csc(Cc2nc(=S)c3c([nH]2)CSC3)n1. The van der Waals surface area contributed by atoms with E-state index in [-0.39, 0.29) is 0 Å². The van der Waals surface area contributed by atoms with Crippen LogP contribution in [-0.4, -0.2) is 15.0 Å². The van der Waals surface area contributed by atoms with Crippen LogP contribution in [0.25, 0.3) is 0 Å². The summed E-state index contributed by atoms with van der Waals surface area (Å²) in [5, 5.41) is 3.15. The zero-order chi connectivity index (χ0) is 11.8. The molecule has 6 heteroatoms. The van der Waals surface area contributed by atoms with Gasteiger partial charge in [-0.1, -0.05) is 12.2 Å². The van der Waals surface area contributed by atoms with E-state index < -0.39 is 0 Å². The number of H-pyrrole nitrogens is 1. The Labute approximate surface area is 113 Å². The Morgan fingerprint density at radius 1 is 1.41 bits per heavy atom. The molecule has 0 bridgehead atoms. The van der Waals surface area contributed by atoms with Gasteiger partial charge in [0.2, 0.25) is 0 Å². The molecule has 2 aromatic heterocycles. The summed E-state index contributed by atoms with van der Waals surface area (Å²) in [6.07, 6.45) is 0.750. The molecule has 0 radical (unpaired) electrons. The second-order valence-corrected chi connectivity index (χ2v) is 6.31. The highest BCUT2D eigenvalue weighted by molar-refractivity contribution is 7.98. The molecule has 1 N–H and O–H groups in total. The molecule has 0 atom stereocenters. The number of rotatable bonds is 2. The summed E-state index contributed by atoms with van der Waals surface area (Å²) >= 11 is 8.88. The van der Waals surface area contributed by atoms with Crippen LogP contribution in [0, 0.1) is 11.6 Å². The molecule has 3 nitrogen and oxygen atoms in total. The van der Waals surface area contributed by atoms with Crippen LogP contribution < -0.4 is 0 Å². The molecule has 1 aliphatic heterocycles. The fourth-order valence-electron chi connectivity index (χ4n) is 1.83. The van der Waals surface area contributed by atoms with E-state index in [4.69, 9.17) is 12.2 Å². The number of aromatic amines is 1. The van der Waals surface area contributed by atoms with E-state index >= 15 is 0 Å². The summed E-state index contributed by atoms with van der Waals surface area (Å²) in [6, 6.07) is 0. The molecule has 0 fully saturated rings. The summed E-state index contributed by atoms with van der Waals surface area (Å²) in [5.74, 6) is 2.95. The van der Waals surface area contributed by atoms with Gasteiger partial charge >= 0.3 is 0 Å². The molecule has 0 saturated heterocycles. The van der Waals surface area contributed by atoms with Gasteiger partial charge in [0.25, 0.3) is 0 Å². The molecule has 0 spiro atoms. The second kappa shape index (κ2) is 4.51. The third-order valence-electron chi connectivity index (χ3n) is 2.63. The van der Waals surface area contributed by atoms with Gasteiger partial charge < -0.3 is 4.98 Å². The summed E-state index contributed by atoms with van der Waals surface area (Å²) in [5.41, 5.74) is 3.53. The first-order valence-electron chi connectivity index (χ1n) is 5.32. The molecule has 3 heterocycles. The number of thiazole rings is 1. The van der Waals surface area contributed by atoms with E-state index in [2.05, 4.69) is 20.3 Å². The summed E-state index contributed by atoms with van der Waals surface area (Å²) in [4.78, 5) is 12.3. The molecular weight excluding hydrogens is 270 g/mol. The fourth-order valence-corrected chi connectivity index (χ4v) is 4.08. The Kier molecular flexibility index (Phi) is 3.02. The zero-order valence-electron chi connectivity index (χ0n) is 9.32. The first-order chi connectivity index (χ1) is 8.22. The van der Waals surface area contributed by atoms with Crippen LogP contribution in [0.2, 0.25) is 0 Å². The molecule has 2 aromatic rings. The molecule has 1 aliphatic rings. The highest BCUT2D eigenvalue weighted by Gasteiger charge is 2.15. The van der Waals surface area contributed by atoms with Gasteiger partial charge in [-0.15, -0.1) is 11.3 Å². The maximum Gasteiger partial charge on any atom is 0.134 e. The van der Waals surface area contributed by atoms with E-state index in [0.717, 1.165) is 39.1 Å². The van der Waals surface area contributed by atoms with Crippen molar-refractivity contribution in [2.45, 2.75) is 24.9 Å². The van der Waals surface area contributed by atoms with Crippen LogP contribution in [0.4, 0.5) is 0 Å². The van der Waals surface area contributed by atoms with Crippen LogP contribution in [0.5, 0.6) is 0 Å². The van der Waals surface area contributed by atoms with Crippen LogP contribution in [0.1, 0.15) is 27.8 Å². The minimum absolute atomic E-state index is 0.750. The molecule has 0 aliphatic carbocycles. The Morgan fingerprint density at radius 3 is 3.06 bits per heavy atom. The van der Waals surface area contributed by atoms with E-state index in [1.54, 1.807) is 11.3 Å². The lowest BCUT2D eigenvalue weighted by Crippen LogP contribution is -2.01. The standard InChI is InChI=1S/C11H11N3S3/c1-6-3-17-10(12-6)2-9-13-8-5-16-4-7(8)11(15)14-9/h3H,2,4-5H2,1H3,(H,13,14,15). The van der Waals surface area contributed by atoms with Gasteiger partial charge in [0.1, 0.15) is 15.5 Å². The summed E-state index contributed by atoms with van der Waals surface area (Å²) in [7, 11) is 0. The maximum atomic E-state index is 5.33. The van der Waals surface area contributed by atoms with Gasteiger partial charge in [0, 0.05) is 33.8 Å². The van der Waals surface area contributed by atoms with Crippen molar-refractivity contribution in [2.24, 2.45) is 0 Å². The second-order valence-electron chi connectivity index (χ2n) is 4.00. The number of aromatic nitrogens is 3. The van der Waals surface area contributed by atoms with Crippen LogP contribution in [-0.2, 0) is 17.9 Å². The highest BCUT2D eigenvalue weighted by atomic mass is 32.2. The molecule has 3 rings (SSSR count). The number of thioether (sulfide) groups is 1. The zero-order valence-corrected chi connectivity index (χ0v) is 11.8. The Balaban J connectivity index is 1.94. The topological polar surface area (TPSA) is 41.6 Å². The van der Waals surface area contributed by atoms with Gasteiger partial charge in [0.15, 0.2) is 0 Å². The summed E-state index contributed by atoms with van der Waals surface area (Å²) < 4.78 is 0.757. The predicted molar refractivity (Wildman–Crippen MR) is 74.1 cm³/mol. The van der Waals surface area contributed by atoms with Crippen molar-refractivity contribution in [2.75, 3.05) is 0 Å². The van der Waals surface area contributed by atoms with Crippen LogP contribution >= 0.6 is 35.3 Å². The predicted octanol–water partition coefficient (Wildman–Crippen LogP) is 3.24. The molecule has 88 valence electrons. The van der Waals surface area contributed by atoms with Crippen molar-refractivity contribution < 1.29 is 0 Å². The lowest BCUT2D eigenvalue weighted by molar-refractivity contribution is 0.909. The first-order valence-corrected chi connectivity index (χ1v) is 7.76. The fraction of sp³-hybridized carbons (Fsp3) is 0.364. The number of nitrogens with one attached hydrogen (secondary N) is 1. The summed E-state index contributed by atoms with van der Waals surface area (Å²) in [6.45, 7) is 2.01. The van der Waals surface area contributed by atoms with E-state index in [1.807, 2.05) is 18.7 Å². The van der Waals surface area contributed by atoms with Crippen molar-refractivity contribution in [1.29, 1.82) is 0 Å². The molecule has 0 unspecified atom stereocenters. The normalized spacial score (nSPS) is 13.9. The number of fused-ring (bicyclic) bond motifs is 1. The third-order valence-corrected chi connectivity index (χ3v) is 4.92. The Bertz CT molecular complexity index is 615. The van der Waals surface area contributed by atoms with Crippen molar-refractivity contribution in [3.05, 3.63) is 37.8 Å². The minimum atomic E-state index is 0.750. The lowest BCUT2D eigenvalue weighted by atomic mass is 10.2. The quantitative estimate of drug-likeness (QED) is 0.858. The number of nitrogens with zero attached hydrogens (tertiary/aromatic N) is 2. The highest BCUT2D eigenvalue weighted by Crippen LogP contribution is 2.28. The average Bonchev–Trinajstić information content (AvgIpc) is 2.87. The van der Waals surface area contributed by atoms with Gasteiger partial charge in [-0.3, -0.25) is 0 Å². The minimum Gasteiger partial charge on any atom is -0.346 e. The molecule has 17 heavy (non-hydrogen) atoms. The molecule has 0 saturated carbocycles. The largest absolute Gasteiger partial charge is 0.346 e. The lowest BCUT2D eigenvalue weighted by Gasteiger charge is -2.03. The smallest absolute Gasteiger partial charge is 0.134 e. The Morgan fingerprint density at radius 2 is 2.29 bits per heavy atom. The average molecular weight is 281 g/mol. The van der Waals surface area contributed by atoms with Crippen molar-refractivity contribution in [1.82, 2.24) is 15.0 Å². The molecule has 0 amide bonds. The van der Waals surface area contributed by atoms with Gasteiger partial charge in [-0.2, -0.15) is 11.8 Å². The molecular formula is C11H11N3S3. The van der Waals surface area contributed by atoms with Crippen molar-refractivity contribution >= 4 is 35.3 Å². The Hall–Kier alpha value is -0.720. The van der Waals surface area contributed by atoms with Crippen molar-refractivity contribution in [3.63, 3.8) is 0 Å². The van der Waals surface area contributed by atoms with Gasteiger partial charge in [0.05, 0.1) is 6.42 Å². The molecule has 0 aromatic carbocycles. The number of hydrogen-bond acceptors (Lipinski definition) is 5. The van der Waals surface area contributed by atoms with E-state index in [1.165, 1.54) is 11.3 Å². The van der Waals surface area contributed by atoms with E-state index in [0.29, 0.717) is 0 Å². The third kappa shape index (κ3) is 2.29. The van der Waals surface area contributed by atoms with Crippen molar-refractivity contribution in [3.8, 4) is 0 Å². The maximum absolute atomic E-state index is 5.33. The van der Waals surface area contributed by atoms with Gasteiger partial charge in [-0.25, -0.2) is 9.97 Å².